The Kier molecular flexibility index (Phi) is 7.90. The number of nitrogens with one attached hydrogen (secondary N) is 1. The van der Waals surface area contributed by atoms with E-state index in [9.17, 15) is 19.2 Å². The molecule has 0 rings (SSSR count). The lowest BCUT2D eigenvalue weighted by atomic mass is 10.1. The summed E-state index contributed by atoms with van der Waals surface area (Å²) < 4.78 is 13.3. The number of carboxylic acids is 1. The minimum absolute atomic E-state index is 0.406. The zero-order valence-corrected chi connectivity index (χ0v) is 11.4. The van der Waals surface area contributed by atoms with Crippen molar-refractivity contribution in [2.75, 3.05) is 21.3 Å². The van der Waals surface area contributed by atoms with E-state index in [4.69, 9.17) is 5.11 Å². The first-order chi connectivity index (χ1) is 9.35. The highest BCUT2D eigenvalue weighted by atomic mass is 16.5. The van der Waals surface area contributed by atoms with Crippen LogP contribution in [-0.4, -0.2) is 62.4 Å². The molecular weight excluding hydrogens is 274 g/mol. The molecule has 0 amide bonds. The van der Waals surface area contributed by atoms with Gasteiger partial charge >= 0.3 is 23.9 Å². The molecule has 0 fully saturated rings. The molecule has 0 aromatic carbocycles. The normalized spacial score (nSPS) is 12.9. The summed E-state index contributed by atoms with van der Waals surface area (Å²) in [6, 6.07) is -2.50. The maximum absolute atomic E-state index is 11.5. The van der Waals surface area contributed by atoms with Crippen LogP contribution in [0.2, 0.25) is 0 Å². The fraction of sp³-hybridized carbons (Fsp3) is 0.636. The Balaban J connectivity index is 4.95. The molecule has 2 N–H and O–H groups in total. The molecule has 0 aromatic rings. The van der Waals surface area contributed by atoms with E-state index in [0.29, 0.717) is 0 Å². The number of ether oxygens (including phenoxy) is 3. The van der Waals surface area contributed by atoms with E-state index in [2.05, 4.69) is 19.5 Å². The molecule has 0 saturated heterocycles. The van der Waals surface area contributed by atoms with Crippen molar-refractivity contribution < 1.29 is 38.5 Å². The predicted molar refractivity (Wildman–Crippen MR) is 63.6 cm³/mol. The van der Waals surface area contributed by atoms with E-state index >= 15 is 0 Å². The van der Waals surface area contributed by atoms with Crippen molar-refractivity contribution in [2.45, 2.75) is 24.9 Å². The summed E-state index contributed by atoms with van der Waals surface area (Å²) in [7, 11) is 3.30. The second kappa shape index (κ2) is 8.86. The summed E-state index contributed by atoms with van der Waals surface area (Å²) in [5.74, 6) is -3.68. The maximum Gasteiger partial charge on any atom is 0.323 e. The van der Waals surface area contributed by atoms with Gasteiger partial charge < -0.3 is 19.3 Å². The van der Waals surface area contributed by atoms with Gasteiger partial charge in [0.25, 0.3) is 0 Å². The quantitative estimate of drug-likeness (QED) is 0.414. The van der Waals surface area contributed by atoms with E-state index in [1.807, 2.05) is 0 Å². The number of aliphatic carboxylic acids is 1. The third kappa shape index (κ3) is 6.14. The highest BCUT2D eigenvalue weighted by Crippen LogP contribution is 2.03. The third-order valence-electron chi connectivity index (χ3n) is 2.35. The molecule has 2 unspecified atom stereocenters. The summed E-state index contributed by atoms with van der Waals surface area (Å²) in [6.45, 7) is 0. The second-order valence-corrected chi connectivity index (χ2v) is 3.70. The van der Waals surface area contributed by atoms with Gasteiger partial charge in [-0.1, -0.05) is 0 Å². The Hall–Kier alpha value is -2.16. The number of esters is 3. The highest BCUT2D eigenvalue weighted by Gasteiger charge is 2.31. The molecule has 0 spiro atoms. The predicted octanol–water partition coefficient (Wildman–Crippen LogP) is -1.30. The average Bonchev–Trinajstić information content (AvgIpc) is 2.42. The first-order valence-electron chi connectivity index (χ1n) is 5.56. The van der Waals surface area contributed by atoms with Crippen LogP contribution in [0.4, 0.5) is 0 Å². The molecule has 0 bridgehead atoms. The van der Waals surface area contributed by atoms with Gasteiger partial charge in [-0.05, 0) is 0 Å². The van der Waals surface area contributed by atoms with Gasteiger partial charge in [0.15, 0.2) is 0 Å². The molecule has 0 aliphatic heterocycles. The monoisotopic (exact) mass is 291 g/mol. The van der Waals surface area contributed by atoms with Crippen LogP contribution in [0.3, 0.4) is 0 Å². The molecule has 114 valence electrons. The van der Waals surface area contributed by atoms with Gasteiger partial charge in [-0.3, -0.25) is 24.5 Å². The van der Waals surface area contributed by atoms with Gasteiger partial charge in [-0.2, -0.15) is 0 Å². The smallest absolute Gasteiger partial charge is 0.323 e. The minimum Gasteiger partial charge on any atom is -0.481 e. The van der Waals surface area contributed by atoms with Crippen molar-refractivity contribution in [1.82, 2.24) is 5.32 Å². The Morgan fingerprint density at radius 1 is 0.900 bits per heavy atom. The molecule has 9 nitrogen and oxygen atoms in total. The highest BCUT2D eigenvalue weighted by molar-refractivity contribution is 5.85. The third-order valence-corrected chi connectivity index (χ3v) is 2.35. The van der Waals surface area contributed by atoms with Gasteiger partial charge in [0, 0.05) is 0 Å². The zero-order valence-electron chi connectivity index (χ0n) is 11.4. The summed E-state index contributed by atoms with van der Waals surface area (Å²) >= 11 is 0. The second-order valence-electron chi connectivity index (χ2n) is 3.70. The number of methoxy groups -OCH3 is 3. The number of carbonyl (C=O) groups is 4. The summed E-state index contributed by atoms with van der Waals surface area (Å²) in [5, 5.41) is 11.1. The van der Waals surface area contributed by atoms with E-state index in [1.165, 1.54) is 0 Å². The molecule has 0 aromatic heterocycles. The Labute approximate surface area is 115 Å². The van der Waals surface area contributed by atoms with Crippen LogP contribution in [0.15, 0.2) is 0 Å². The molecule has 0 saturated carbocycles. The van der Waals surface area contributed by atoms with Crippen LogP contribution >= 0.6 is 0 Å². The van der Waals surface area contributed by atoms with Crippen LogP contribution < -0.4 is 5.32 Å². The van der Waals surface area contributed by atoms with Crippen molar-refractivity contribution in [3.8, 4) is 0 Å². The zero-order chi connectivity index (χ0) is 15.7. The van der Waals surface area contributed by atoms with E-state index < -0.39 is 48.8 Å². The lowest BCUT2D eigenvalue weighted by Crippen LogP contribution is -2.49. The lowest BCUT2D eigenvalue weighted by Gasteiger charge is -2.20. The topological polar surface area (TPSA) is 128 Å². The lowest BCUT2D eigenvalue weighted by molar-refractivity contribution is -0.153. The number of carbonyl (C=O) groups excluding carboxylic acids is 3. The van der Waals surface area contributed by atoms with Crippen molar-refractivity contribution in [3.05, 3.63) is 0 Å². The van der Waals surface area contributed by atoms with Crippen LogP contribution in [0.5, 0.6) is 0 Å². The van der Waals surface area contributed by atoms with E-state index in [1.54, 1.807) is 0 Å². The van der Waals surface area contributed by atoms with Crippen LogP contribution in [0.1, 0.15) is 12.8 Å². The fourth-order valence-corrected chi connectivity index (χ4v) is 1.37. The largest absolute Gasteiger partial charge is 0.481 e. The van der Waals surface area contributed by atoms with Gasteiger partial charge in [0.1, 0.15) is 12.1 Å². The summed E-state index contributed by atoms with van der Waals surface area (Å²) in [5.41, 5.74) is 0. The molecular formula is C11H17NO8. The first-order valence-corrected chi connectivity index (χ1v) is 5.56. The Morgan fingerprint density at radius 3 is 1.70 bits per heavy atom. The van der Waals surface area contributed by atoms with Gasteiger partial charge in [0.2, 0.25) is 0 Å². The standard InChI is InChI=1S/C11H17NO8/c1-18-9(15)5-7(11(17)20-3)12-6(4-8(13)14)10(16)19-2/h6-7,12H,4-5H2,1-3H3,(H,13,14). The molecule has 0 heterocycles. The van der Waals surface area contributed by atoms with Crippen LogP contribution in [-0.2, 0) is 33.4 Å². The molecule has 2 atom stereocenters. The Bertz CT molecular complexity index is 381. The Morgan fingerprint density at radius 2 is 1.35 bits per heavy atom. The van der Waals surface area contributed by atoms with Crippen molar-refractivity contribution in [3.63, 3.8) is 0 Å². The van der Waals surface area contributed by atoms with Crippen molar-refractivity contribution in [1.29, 1.82) is 0 Å². The van der Waals surface area contributed by atoms with Gasteiger partial charge in [-0.15, -0.1) is 0 Å². The molecule has 0 aliphatic carbocycles. The SMILES string of the molecule is COC(=O)CC(NC(CC(=O)O)C(=O)OC)C(=O)OC. The van der Waals surface area contributed by atoms with Gasteiger partial charge in [0.05, 0.1) is 34.2 Å². The van der Waals surface area contributed by atoms with Crippen molar-refractivity contribution in [2.24, 2.45) is 0 Å². The fourth-order valence-electron chi connectivity index (χ4n) is 1.37. The molecule has 9 heteroatoms. The minimum atomic E-state index is -1.29. The average molecular weight is 291 g/mol. The van der Waals surface area contributed by atoms with E-state index in [0.717, 1.165) is 21.3 Å². The summed E-state index contributed by atoms with van der Waals surface area (Å²) in [4.78, 5) is 44.8. The van der Waals surface area contributed by atoms with E-state index in [-0.39, 0.29) is 0 Å². The number of rotatable bonds is 8. The number of hydrogen-bond donors (Lipinski definition) is 2. The number of carboxylic acid groups (broad SMARTS) is 1. The number of hydrogen-bond acceptors (Lipinski definition) is 8. The molecule has 0 aliphatic rings. The molecule has 0 radical (unpaired) electrons. The van der Waals surface area contributed by atoms with Crippen LogP contribution in [0.25, 0.3) is 0 Å². The van der Waals surface area contributed by atoms with Gasteiger partial charge in [-0.25, -0.2) is 0 Å². The maximum atomic E-state index is 11.5. The summed E-state index contributed by atoms with van der Waals surface area (Å²) in [6.07, 6.45) is -1.02. The molecule has 20 heavy (non-hydrogen) atoms. The van der Waals surface area contributed by atoms with Crippen LogP contribution in [0, 0.1) is 0 Å². The first kappa shape index (κ1) is 17.8. The van der Waals surface area contributed by atoms with Crippen molar-refractivity contribution >= 4 is 23.9 Å².